The molecule has 1 heterocycles. The molecule has 0 radical (unpaired) electrons. The van der Waals surface area contributed by atoms with Crippen LogP contribution in [0.1, 0.15) is 26.3 Å². The second-order valence-corrected chi connectivity index (χ2v) is 7.26. The monoisotopic (exact) mass is 442 g/mol. The van der Waals surface area contributed by atoms with Gasteiger partial charge in [-0.2, -0.15) is 0 Å². The molecule has 0 fully saturated rings. The lowest BCUT2D eigenvalue weighted by molar-refractivity contribution is 0.101. The summed E-state index contributed by atoms with van der Waals surface area (Å²) in [7, 11) is 0. The van der Waals surface area contributed by atoms with Crippen molar-refractivity contribution < 1.29 is 19.1 Å². The average Bonchev–Trinajstić information content (AvgIpc) is 2.81. The van der Waals surface area contributed by atoms with Crippen molar-refractivity contribution in [3.8, 4) is 17.1 Å². The topological polar surface area (TPSA) is 104 Å². The standard InChI is InChI=1S/C25H19FN4O3/c1-15-9-10-17(12-22(15)30-25(33)20-7-2-3-8-21(20)26)24(32)29-18-13-27-23(28-14-18)16-5-4-6-19(31)11-16/h2-14,31H,1H3,(H,29,32)(H,30,33). The van der Waals surface area contributed by atoms with E-state index < -0.39 is 17.6 Å². The molecule has 0 spiro atoms. The van der Waals surface area contributed by atoms with Crippen LogP contribution in [0.15, 0.2) is 79.1 Å². The van der Waals surface area contributed by atoms with Crippen molar-refractivity contribution in [3.05, 3.63) is 102 Å². The van der Waals surface area contributed by atoms with E-state index >= 15 is 0 Å². The lowest BCUT2D eigenvalue weighted by Gasteiger charge is -2.11. The second-order valence-electron chi connectivity index (χ2n) is 7.26. The fraction of sp³-hybridized carbons (Fsp3) is 0.0400. The number of aromatic hydroxyl groups is 1. The zero-order chi connectivity index (χ0) is 23.4. The summed E-state index contributed by atoms with van der Waals surface area (Å²) in [6.07, 6.45) is 2.92. The molecule has 0 saturated heterocycles. The first-order valence-electron chi connectivity index (χ1n) is 10.00. The molecule has 164 valence electrons. The van der Waals surface area contributed by atoms with E-state index in [1.165, 1.54) is 42.7 Å². The van der Waals surface area contributed by atoms with Gasteiger partial charge in [0.2, 0.25) is 0 Å². The van der Waals surface area contributed by atoms with Crippen LogP contribution in [0.3, 0.4) is 0 Å². The number of nitrogens with one attached hydrogen (secondary N) is 2. The molecule has 0 aliphatic carbocycles. The SMILES string of the molecule is Cc1ccc(C(=O)Nc2cnc(-c3cccc(O)c3)nc2)cc1NC(=O)c1ccccc1F. The molecule has 0 unspecified atom stereocenters. The Labute approximate surface area is 189 Å². The predicted octanol–water partition coefficient (Wildman–Crippen LogP) is 4.80. The second kappa shape index (κ2) is 9.27. The number of carbonyl (C=O) groups excluding carboxylic acids is 2. The average molecular weight is 442 g/mol. The van der Waals surface area contributed by atoms with Crippen molar-refractivity contribution >= 4 is 23.2 Å². The maximum atomic E-state index is 13.9. The van der Waals surface area contributed by atoms with E-state index in [1.807, 2.05) is 0 Å². The number of rotatable bonds is 5. The highest BCUT2D eigenvalue weighted by Gasteiger charge is 2.14. The molecule has 2 amide bonds. The summed E-state index contributed by atoms with van der Waals surface area (Å²) >= 11 is 0. The molecule has 4 rings (SSSR count). The van der Waals surface area contributed by atoms with Crippen molar-refractivity contribution in [2.45, 2.75) is 6.92 Å². The summed E-state index contributed by atoms with van der Waals surface area (Å²) < 4.78 is 13.9. The van der Waals surface area contributed by atoms with Crippen molar-refractivity contribution in [2.75, 3.05) is 10.6 Å². The number of nitrogens with zero attached hydrogens (tertiary/aromatic N) is 2. The van der Waals surface area contributed by atoms with Crippen LogP contribution in [0.25, 0.3) is 11.4 Å². The first kappa shape index (κ1) is 21.6. The first-order valence-corrected chi connectivity index (χ1v) is 10.00. The highest BCUT2D eigenvalue weighted by molar-refractivity contribution is 6.07. The van der Waals surface area contributed by atoms with Gasteiger partial charge in [0, 0.05) is 16.8 Å². The van der Waals surface area contributed by atoms with Crippen LogP contribution >= 0.6 is 0 Å². The molecular weight excluding hydrogens is 423 g/mol. The van der Waals surface area contributed by atoms with Gasteiger partial charge in [-0.05, 0) is 48.9 Å². The summed E-state index contributed by atoms with van der Waals surface area (Å²) in [6.45, 7) is 1.77. The largest absolute Gasteiger partial charge is 0.508 e. The van der Waals surface area contributed by atoms with Gasteiger partial charge in [-0.3, -0.25) is 9.59 Å². The molecule has 4 aromatic rings. The van der Waals surface area contributed by atoms with Crippen LogP contribution in [-0.4, -0.2) is 26.9 Å². The van der Waals surface area contributed by atoms with Crippen molar-refractivity contribution in [2.24, 2.45) is 0 Å². The maximum absolute atomic E-state index is 13.9. The number of anilines is 2. The summed E-state index contributed by atoms with van der Waals surface area (Å²) in [4.78, 5) is 33.6. The Morgan fingerprint density at radius 2 is 1.64 bits per heavy atom. The molecule has 1 aromatic heterocycles. The van der Waals surface area contributed by atoms with Gasteiger partial charge in [-0.1, -0.05) is 30.3 Å². The molecule has 0 atom stereocenters. The third-order valence-electron chi connectivity index (χ3n) is 4.88. The minimum atomic E-state index is -0.629. The van der Waals surface area contributed by atoms with E-state index in [9.17, 15) is 19.1 Å². The van der Waals surface area contributed by atoms with E-state index in [-0.39, 0.29) is 11.3 Å². The lowest BCUT2D eigenvalue weighted by Crippen LogP contribution is -2.16. The van der Waals surface area contributed by atoms with Gasteiger partial charge >= 0.3 is 0 Å². The van der Waals surface area contributed by atoms with Gasteiger partial charge in [-0.25, -0.2) is 14.4 Å². The Balaban J connectivity index is 1.48. The molecule has 0 saturated carbocycles. The van der Waals surface area contributed by atoms with Gasteiger partial charge in [0.15, 0.2) is 5.82 Å². The van der Waals surface area contributed by atoms with E-state index in [0.717, 1.165) is 5.56 Å². The molecule has 3 N–H and O–H groups in total. The first-order chi connectivity index (χ1) is 15.9. The maximum Gasteiger partial charge on any atom is 0.258 e. The zero-order valence-electron chi connectivity index (χ0n) is 17.5. The quantitative estimate of drug-likeness (QED) is 0.412. The molecular formula is C25H19FN4O3. The van der Waals surface area contributed by atoms with Crippen molar-refractivity contribution in [3.63, 3.8) is 0 Å². The number of aryl methyl sites for hydroxylation is 1. The van der Waals surface area contributed by atoms with Crippen molar-refractivity contribution in [1.82, 2.24) is 9.97 Å². The van der Waals surface area contributed by atoms with Gasteiger partial charge in [0.05, 0.1) is 23.6 Å². The molecule has 0 aliphatic heterocycles. The van der Waals surface area contributed by atoms with E-state index in [2.05, 4.69) is 20.6 Å². The third kappa shape index (κ3) is 5.01. The number of benzene rings is 3. The summed E-state index contributed by atoms with van der Waals surface area (Å²) in [5.41, 5.74) is 2.33. The number of hydrogen-bond acceptors (Lipinski definition) is 5. The summed E-state index contributed by atoms with van der Waals surface area (Å²) in [5.74, 6) is -1.16. The van der Waals surface area contributed by atoms with Gasteiger partial charge in [0.1, 0.15) is 11.6 Å². The highest BCUT2D eigenvalue weighted by Crippen LogP contribution is 2.22. The van der Waals surface area contributed by atoms with Crippen LogP contribution in [-0.2, 0) is 0 Å². The number of hydrogen-bond donors (Lipinski definition) is 3. The zero-order valence-corrected chi connectivity index (χ0v) is 17.5. The smallest absolute Gasteiger partial charge is 0.258 e. The molecule has 0 aliphatic rings. The summed E-state index contributed by atoms with van der Waals surface area (Å²) in [6, 6.07) is 17.0. The van der Waals surface area contributed by atoms with E-state index in [0.29, 0.717) is 28.3 Å². The Morgan fingerprint density at radius 1 is 0.879 bits per heavy atom. The fourth-order valence-corrected chi connectivity index (χ4v) is 3.12. The minimum Gasteiger partial charge on any atom is -0.508 e. The van der Waals surface area contributed by atoms with Crippen LogP contribution in [0.4, 0.5) is 15.8 Å². The van der Waals surface area contributed by atoms with Crippen LogP contribution in [0, 0.1) is 12.7 Å². The fourth-order valence-electron chi connectivity index (χ4n) is 3.12. The van der Waals surface area contributed by atoms with Crippen LogP contribution in [0.5, 0.6) is 5.75 Å². The van der Waals surface area contributed by atoms with Crippen LogP contribution < -0.4 is 10.6 Å². The van der Waals surface area contributed by atoms with Crippen LogP contribution in [0.2, 0.25) is 0 Å². The number of halogens is 1. The molecule has 0 bridgehead atoms. The lowest BCUT2D eigenvalue weighted by atomic mass is 10.1. The predicted molar refractivity (Wildman–Crippen MR) is 123 cm³/mol. The molecule has 3 aromatic carbocycles. The van der Waals surface area contributed by atoms with E-state index in [4.69, 9.17) is 0 Å². The molecule has 33 heavy (non-hydrogen) atoms. The summed E-state index contributed by atoms with van der Waals surface area (Å²) in [5, 5.41) is 14.9. The van der Waals surface area contributed by atoms with Gasteiger partial charge < -0.3 is 15.7 Å². The Bertz CT molecular complexity index is 1340. The highest BCUT2D eigenvalue weighted by atomic mass is 19.1. The Kier molecular flexibility index (Phi) is 6.08. The molecule has 7 nitrogen and oxygen atoms in total. The number of phenols is 1. The van der Waals surface area contributed by atoms with E-state index in [1.54, 1.807) is 43.3 Å². The minimum absolute atomic E-state index is 0.0873. The van der Waals surface area contributed by atoms with Gasteiger partial charge in [0.25, 0.3) is 11.8 Å². The van der Waals surface area contributed by atoms with Gasteiger partial charge in [-0.15, -0.1) is 0 Å². The van der Waals surface area contributed by atoms with Crippen molar-refractivity contribution in [1.29, 1.82) is 0 Å². The third-order valence-corrected chi connectivity index (χ3v) is 4.88. The normalized spacial score (nSPS) is 10.5. The number of phenolic OH excluding ortho intramolecular Hbond substituents is 1. The number of aromatic nitrogens is 2. The Morgan fingerprint density at radius 3 is 2.36 bits per heavy atom. The number of amides is 2. The molecule has 8 heteroatoms. The Hall–Kier alpha value is -4.59. The number of carbonyl (C=O) groups is 2.